The average Bonchev–Trinajstić information content (AvgIpc) is 3.96. The molecule has 2 saturated heterocycles. The van der Waals surface area contributed by atoms with Gasteiger partial charge in [0.1, 0.15) is 34.3 Å². The van der Waals surface area contributed by atoms with Crippen LogP contribution < -0.4 is 9.47 Å². The third-order valence-electron chi connectivity index (χ3n) is 10.7. The molecule has 2 N–H and O–H groups in total. The van der Waals surface area contributed by atoms with Crippen LogP contribution in [0.2, 0.25) is 0 Å². The van der Waals surface area contributed by atoms with Crippen LogP contribution >= 0.6 is 0 Å². The molecule has 57 heavy (non-hydrogen) atoms. The van der Waals surface area contributed by atoms with Gasteiger partial charge in [0.15, 0.2) is 0 Å². The summed E-state index contributed by atoms with van der Waals surface area (Å²) in [4.78, 5) is 47.3. The number of aromatic nitrogens is 4. The number of H-pyrrole nitrogens is 2. The van der Waals surface area contributed by atoms with E-state index in [1.807, 2.05) is 41.5 Å². The highest BCUT2D eigenvalue weighted by molar-refractivity contribution is 5.82. The average molecular weight is 781 g/mol. The molecule has 0 unspecified atom stereocenters. The molecule has 0 bridgehead atoms. The first kappa shape index (κ1) is 40.2. The normalized spacial score (nSPS) is 19.5. The van der Waals surface area contributed by atoms with Crippen molar-refractivity contribution in [2.45, 2.75) is 131 Å². The van der Waals surface area contributed by atoms with Crippen LogP contribution in [0.25, 0.3) is 33.6 Å². The number of amides is 2. The number of benzene rings is 2. The zero-order chi connectivity index (χ0) is 40.9. The van der Waals surface area contributed by atoms with Crippen molar-refractivity contribution >= 4 is 12.2 Å². The molecule has 3 aliphatic rings. The molecule has 4 aromatic rings. The molecule has 7 rings (SSSR count). The molecular formula is C45H60N6O6. The highest BCUT2D eigenvalue weighted by Gasteiger charge is 2.37. The Morgan fingerprint density at radius 2 is 1.12 bits per heavy atom. The van der Waals surface area contributed by atoms with Crippen molar-refractivity contribution in [3.05, 3.63) is 59.4 Å². The van der Waals surface area contributed by atoms with Crippen LogP contribution in [0.15, 0.2) is 36.4 Å². The van der Waals surface area contributed by atoms with Gasteiger partial charge in [0.2, 0.25) is 0 Å². The Labute approximate surface area is 337 Å². The molecule has 0 aliphatic carbocycles. The number of aromatic amines is 2. The highest BCUT2D eigenvalue weighted by Crippen LogP contribution is 2.44. The molecule has 12 nitrogen and oxygen atoms in total. The Morgan fingerprint density at radius 3 is 1.49 bits per heavy atom. The van der Waals surface area contributed by atoms with Gasteiger partial charge in [-0.2, -0.15) is 0 Å². The summed E-state index contributed by atoms with van der Waals surface area (Å²) in [6, 6.07) is 12.2. The predicted molar refractivity (Wildman–Crippen MR) is 220 cm³/mol. The monoisotopic (exact) mass is 780 g/mol. The first-order chi connectivity index (χ1) is 26.9. The van der Waals surface area contributed by atoms with E-state index in [9.17, 15) is 9.59 Å². The van der Waals surface area contributed by atoms with Crippen LogP contribution in [0.1, 0.15) is 130 Å². The van der Waals surface area contributed by atoms with Gasteiger partial charge in [-0.1, -0.05) is 39.8 Å². The molecule has 306 valence electrons. The van der Waals surface area contributed by atoms with E-state index in [1.54, 1.807) is 9.80 Å². The summed E-state index contributed by atoms with van der Waals surface area (Å²) in [5.74, 6) is 3.06. The minimum atomic E-state index is -0.574. The fourth-order valence-electron chi connectivity index (χ4n) is 7.96. The van der Waals surface area contributed by atoms with Gasteiger partial charge in [-0.15, -0.1) is 0 Å². The zero-order valence-electron chi connectivity index (χ0n) is 35.4. The Morgan fingerprint density at radius 1 is 0.719 bits per heavy atom. The minimum absolute atomic E-state index is 0.178. The standard InChI is InChI=1S/C45H60N6O6/c1-11-31-37(48-39(46-31)33-15-13-21-50(33)41(52)56-43(3,4)5)27-17-19-29-30-20-18-28(24-36(30)55-26-45(9,10)25-54-35(29)23-27)38-32(12-2)47-40(49-38)34-16-14-22-51(34)42(53)57-44(6,7)8/h17-20,23-24,33-34H,11-16,21-22,25-26H2,1-10H3,(H,46,48)(H,47,49)/t33-,34-/m0/s1. The molecule has 2 aromatic heterocycles. The molecule has 3 aliphatic heterocycles. The zero-order valence-corrected chi connectivity index (χ0v) is 35.4. The smallest absolute Gasteiger partial charge is 0.410 e. The van der Waals surface area contributed by atoms with Gasteiger partial charge in [0, 0.05) is 52.1 Å². The number of likely N-dealkylation sites (tertiary alicyclic amines) is 2. The van der Waals surface area contributed by atoms with E-state index in [2.05, 4.69) is 74.1 Å². The second kappa shape index (κ2) is 15.4. The van der Waals surface area contributed by atoms with Gasteiger partial charge < -0.3 is 28.9 Å². The van der Waals surface area contributed by atoms with E-state index in [1.165, 1.54) is 0 Å². The van der Waals surface area contributed by atoms with Crippen LogP contribution in [0.3, 0.4) is 0 Å². The van der Waals surface area contributed by atoms with Gasteiger partial charge >= 0.3 is 12.2 Å². The van der Waals surface area contributed by atoms with E-state index in [0.29, 0.717) is 26.3 Å². The third-order valence-corrected chi connectivity index (χ3v) is 10.7. The number of aryl methyl sites for hydroxylation is 2. The molecule has 0 spiro atoms. The van der Waals surface area contributed by atoms with Crippen molar-refractivity contribution in [1.82, 2.24) is 29.7 Å². The van der Waals surface area contributed by atoms with Gasteiger partial charge in [-0.05, 0) is 104 Å². The number of imidazole rings is 2. The second-order valence-electron chi connectivity index (χ2n) is 18.4. The topological polar surface area (TPSA) is 135 Å². The summed E-state index contributed by atoms with van der Waals surface area (Å²) in [6.45, 7) is 22.1. The maximum absolute atomic E-state index is 13.2. The number of hydrogen-bond acceptors (Lipinski definition) is 8. The van der Waals surface area contributed by atoms with Gasteiger partial charge in [-0.25, -0.2) is 19.6 Å². The van der Waals surface area contributed by atoms with Crippen LogP contribution in [-0.2, 0) is 22.3 Å². The molecule has 2 aromatic carbocycles. The number of nitrogens with one attached hydrogen (secondary N) is 2. The number of carbonyl (C=O) groups is 2. The third kappa shape index (κ3) is 8.65. The Kier molecular flexibility index (Phi) is 10.9. The maximum atomic E-state index is 13.2. The molecular weight excluding hydrogens is 721 g/mol. The lowest BCUT2D eigenvalue weighted by Gasteiger charge is -2.27. The predicted octanol–water partition coefficient (Wildman–Crippen LogP) is 10.2. The lowest BCUT2D eigenvalue weighted by molar-refractivity contribution is 0.0208. The quantitative estimate of drug-likeness (QED) is 0.197. The lowest BCUT2D eigenvalue weighted by atomic mass is 9.96. The Hall–Kier alpha value is -5.00. The highest BCUT2D eigenvalue weighted by atomic mass is 16.6. The van der Waals surface area contributed by atoms with E-state index in [0.717, 1.165) is 107 Å². The van der Waals surface area contributed by atoms with Crippen molar-refractivity contribution in [3.8, 4) is 45.1 Å². The lowest BCUT2D eigenvalue weighted by Crippen LogP contribution is -2.36. The van der Waals surface area contributed by atoms with E-state index < -0.39 is 11.2 Å². The summed E-state index contributed by atoms with van der Waals surface area (Å²) in [6.07, 6.45) is 4.30. The van der Waals surface area contributed by atoms with Gasteiger partial charge in [0.25, 0.3) is 0 Å². The van der Waals surface area contributed by atoms with Crippen LogP contribution in [0.4, 0.5) is 9.59 Å². The number of rotatable bonds is 6. The summed E-state index contributed by atoms with van der Waals surface area (Å²) < 4.78 is 24.8. The van der Waals surface area contributed by atoms with Crippen molar-refractivity contribution in [2.24, 2.45) is 5.41 Å². The fourth-order valence-corrected chi connectivity index (χ4v) is 7.96. The molecule has 0 saturated carbocycles. The molecule has 0 radical (unpaired) electrons. The number of nitrogens with zero attached hydrogens (tertiary/aromatic N) is 4. The number of ether oxygens (including phenoxy) is 4. The molecule has 2 fully saturated rings. The summed E-state index contributed by atoms with van der Waals surface area (Å²) in [7, 11) is 0. The number of fused-ring (bicyclic) bond motifs is 3. The summed E-state index contributed by atoms with van der Waals surface area (Å²) in [5, 5.41) is 0. The van der Waals surface area contributed by atoms with Gasteiger partial charge in [0.05, 0.1) is 36.7 Å². The van der Waals surface area contributed by atoms with E-state index >= 15 is 0 Å². The van der Waals surface area contributed by atoms with E-state index in [4.69, 9.17) is 28.9 Å². The molecule has 5 heterocycles. The number of hydrogen-bond donors (Lipinski definition) is 2. The fraction of sp³-hybridized carbons (Fsp3) is 0.556. The largest absolute Gasteiger partial charge is 0.492 e. The van der Waals surface area contributed by atoms with Crippen molar-refractivity contribution in [2.75, 3.05) is 26.3 Å². The van der Waals surface area contributed by atoms with Gasteiger partial charge in [-0.3, -0.25) is 9.80 Å². The first-order valence-corrected chi connectivity index (χ1v) is 20.6. The SMILES string of the molecule is CCc1[nH]c([C@@H]2CCCN2C(=O)OC(C)(C)C)nc1-c1ccc2c(c1)OCC(C)(C)COc1cc(-c3nc([C@@H]4CCCN4C(=O)OC(C)(C)C)[nH]c3CC)ccc1-2. The first-order valence-electron chi connectivity index (χ1n) is 20.6. The van der Waals surface area contributed by atoms with Crippen molar-refractivity contribution in [1.29, 1.82) is 0 Å². The summed E-state index contributed by atoms with van der Waals surface area (Å²) >= 11 is 0. The molecule has 2 amide bonds. The maximum Gasteiger partial charge on any atom is 0.410 e. The molecule has 12 heteroatoms. The Balaban J connectivity index is 1.22. The second-order valence-corrected chi connectivity index (χ2v) is 18.4. The number of carbonyl (C=O) groups excluding carboxylic acids is 2. The minimum Gasteiger partial charge on any atom is -0.492 e. The molecule has 2 atom stereocenters. The summed E-state index contributed by atoms with van der Waals surface area (Å²) in [5.41, 5.74) is 6.03. The van der Waals surface area contributed by atoms with Crippen LogP contribution in [-0.4, -0.2) is 79.4 Å². The van der Waals surface area contributed by atoms with E-state index in [-0.39, 0.29) is 29.7 Å². The Bertz CT molecular complexity index is 1970. The van der Waals surface area contributed by atoms with Crippen LogP contribution in [0.5, 0.6) is 11.5 Å². The van der Waals surface area contributed by atoms with Crippen molar-refractivity contribution in [3.63, 3.8) is 0 Å². The van der Waals surface area contributed by atoms with Crippen LogP contribution in [0, 0.1) is 5.41 Å². The van der Waals surface area contributed by atoms with Crippen molar-refractivity contribution < 1.29 is 28.5 Å².